The van der Waals surface area contributed by atoms with Crippen molar-refractivity contribution in [3.8, 4) is 0 Å². The summed E-state index contributed by atoms with van der Waals surface area (Å²) in [6, 6.07) is 0. The summed E-state index contributed by atoms with van der Waals surface area (Å²) in [6.07, 6.45) is 1.26. The lowest BCUT2D eigenvalue weighted by atomic mass is 9.85. The van der Waals surface area contributed by atoms with E-state index < -0.39 is 12.0 Å². The van der Waals surface area contributed by atoms with Crippen LogP contribution in [-0.4, -0.2) is 41.2 Å². The van der Waals surface area contributed by atoms with Crippen LogP contribution >= 0.6 is 0 Å². The van der Waals surface area contributed by atoms with E-state index in [0.29, 0.717) is 31.4 Å². The first-order valence-corrected chi connectivity index (χ1v) is 8.09. The van der Waals surface area contributed by atoms with Gasteiger partial charge in [-0.25, -0.2) is 0 Å². The van der Waals surface area contributed by atoms with Gasteiger partial charge >= 0.3 is 6.18 Å². The summed E-state index contributed by atoms with van der Waals surface area (Å²) in [4.78, 5) is 2.02. The Morgan fingerprint density at radius 3 is 2.67 bits per heavy atom. The van der Waals surface area contributed by atoms with Crippen molar-refractivity contribution in [1.29, 1.82) is 0 Å². The van der Waals surface area contributed by atoms with Crippen LogP contribution in [-0.2, 0) is 32.4 Å². The van der Waals surface area contributed by atoms with Crippen molar-refractivity contribution in [3.05, 3.63) is 23.5 Å². The molecule has 0 aromatic carbocycles. The Kier molecular flexibility index (Phi) is 3.78. The molecule has 0 atom stereocenters. The van der Waals surface area contributed by atoms with Crippen LogP contribution in [0.2, 0.25) is 0 Å². The van der Waals surface area contributed by atoms with Crippen molar-refractivity contribution in [2.75, 3.05) is 6.54 Å². The molecule has 24 heavy (non-hydrogen) atoms. The van der Waals surface area contributed by atoms with Gasteiger partial charge < -0.3 is 4.57 Å². The predicted octanol–water partition coefficient (Wildman–Crippen LogP) is 1.70. The van der Waals surface area contributed by atoms with Gasteiger partial charge in [-0.3, -0.25) is 9.58 Å². The van der Waals surface area contributed by atoms with Crippen molar-refractivity contribution in [2.24, 2.45) is 5.92 Å². The molecule has 0 saturated heterocycles. The highest BCUT2D eigenvalue weighted by Crippen LogP contribution is 2.30. The number of hydrogen-bond donors (Lipinski definition) is 0. The van der Waals surface area contributed by atoms with Gasteiger partial charge in [0, 0.05) is 32.4 Å². The second-order valence-electron chi connectivity index (χ2n) is 6.53. The second-order valence-corrected chi connectivity index (χ2v) is 6.53. The molecule has 3 heterocycles. The number of aromatic nitrogens is 6. The Labute approximate surface area is 136 Å². The van der Waals surface area contributed by atoms with E-state index in [1.807, 2.05) is 15.8 Å². The van der Waals surface area contributed by atoms with Crippen LogP contribution in [0.3, 0.4) is 0 Å². The lowest BCUT2D eigenvalue weighted by Crippen LogP contribution is -2.35. The third-order valence-electron chi connectivity index (χ3n) is 4.73. The van der Waals surface area contributed by atoms with Crippen LogP contribution in [0.15, 0.2) is 6.20 Å². The molecular formula is C14H18F3N7. The Morgan fingerprint density at radius 2 is 1.96 bits per heavy atom. The first kappa shape index (κ1) is 15.6. The average molecular weight is 341 g/mol. The highest BCUT2D eigenvalue weighted by atomic mass is 19.4. The molecule has 130 valence electrons. The molecular weight excluding hydrogens is 323 g/mol. The zero-order valence-electron chi connectivity index (χ0n) is 13.1. The van der Waals surface area contributed by atoms with Gasteiger partial charge in [0.25, 0.3) is 0 Å². The molecule has 0 amide bonds. The summed E-state index contributed by atoms with van der Waals surface area (Å²) >= 11 is 0. The number of alkyl halides is 3. The third kappa shape index (κ3) is 3.02. The molecule has 2 aliphatic rings. The number of halogens is 3. The molecule has 0 radical (unpaired) electrons. The summed E-state index contributed by atoms with van der Waals surface area (Å²) in [5.41, 5.74) is 0.832. The van der Waals surface area contributed by atoms with E-state index in [9.17, 15) is 13.2 Å². The van der Waals surface area contributed by atoms with Crippen molar-refractivity contribution in [1.82, 2.24) is 34.7 Å². The zero-order valence-corrected chi connectivity index (χ0v) is 13.1. The maximum absolute atomic E-state index is 12.8. The van der Waals surface area contributed by atoms with Gasteiger partial charge in [-0.05, 0) is 18.8 Å². The normalized spacial score (nSPS) is 19.3. The van der Waals surface area contributed by atoms with Crippen LogP contribution in [0.5, 0.6) is 0 Å². The lowest BCUT2D eigenvalue weighted by molar-refractivity contribution is -0.148. The largest absolute Gasteiger partial charge is 0.451 e. The van der Waals surface area contributed by atoms with Crippen LogP contribution in [0, 0.1) is 5.92 Å². The number of nitrogens with zero attached hydrogens (tertiary/aromatic N) is 7. The smallest absolute Gasteiger partial charge is 0.305 e. The molecule has 0 bridgehead atoms. The monoisotopic (exact) mass is 341 g/mol. The number of rotatable bonds is 4. The summed E-state index contributed by atoms with van der Waals surface area (Å²) in [5, 5.41) is 15.3. The Balaban J connectivity index is 1.39. The van der Waals surface area contributed by atoms with Crippen molar-refractivity contribution >= 4 is 0 Å². The third-order valence-corrected chi connectivity index (χ3v) is 4.73. The first-order chi connectivity index (χ1) is 11.5. The molecule has 1 saturated carbocycles. The molecule has 1 fully saturated rings. The first-order valence-electron chi connectivity index (χ1n) is 8.09. The van der Waals surface area contributed by atoms with Gasteiger partial charge in [-0.1, -0.05) is 11.6 Å². The second kappa shape index (κ2) is 5.83. The molecule has 0 unspecified atom stereocenters. The van der Waals surface area contributed by atoms with E-state index in [1.54, 1.807) is 0 Å². The van der Waals surface area contributed by atoms with Crippen LogP contribution in [0.25, 0.3) is 0 Å². The fraction of sp³-hybridized carbons (Fsp3) is 0.714. The van der Waals surface area contributed by atoms with E-state index in [4.69, 9.17) is 0 Å². The quantitative estimate of drug-likeness (QED) is 0.847. The standard InChI is InChI=1S/C14H18F3N7/c15-14(16,17)13-20-19-12-9-22(4-5-24(12)13)7-11-8-23(21-18-11)6-10-2-1-3-10/h8,10H,1-7,9H2. The van der Waals surface area contributed by atoms with Crippen molar-refractivity contribution in [3.63, 3.8) is 0 Å². The van der Waals surface area contributed by atoms with Gasteiger partial charge in [-0.15, -0.1) is 15.3 Å². The fourth-order valence-electron chi connectivity index (χ4n) is 3.22. The SMILES string of the molecule is FC(F)(F)c1nnc2n1CCN(Cc1cn(CC3CCC3)nn1)C2. The Hall–Kier alpha value is -1.97. The maximum Gasteiger partial charge on any atom is 0.451 e. The van der Waals surface area contributed by atoms with E-state index in [2.05, 4.69) is 20.5 Å². The minimum absolute atomic E-state index is 0.230. The fourth-order valence-corrected chi connectivity index (χ4v) is 3.22. The van der Waals surface area contributed by atoms with Crippen LogP contribution < -0.4 is 0 Å². The molecule has 2 aromatic rings. The molecule has 1 aliphatic heterocycles. The Bertz CT molecular complexity index is 716. The van der Waals surface area contributed by atoms with Gasteiger partial charge in [-0.2, -0.15) is 13.2 Å². The molecule has 10 heteroatoms. The Morgan fingerprint density at radius 1 is 1.12 bits per heavy atom. The van der Waals surface area contributed by atoms with E-state index in [-0.39, 0.29) is 6.54 Å². The zero-order chi connectivity index (χ0) is 16.7. The van der Waals surface area contributed by atoms with Gasteiger partial charge in [0.15, 0.2) is 0 Å². The lowest BCUT2D eigenvalue weighted by Gasteiger charge is -2.27. The summed E-state index contributed by atoms with van der Waals surface area (Å²) in [5.74, 6) is 0.132. The molecule has 0 N–H and O–H groups in total. The molecule has 4 rings (SSSR count). The van der Waals surface area contributed by atoms with Gasteiger partial charge in [0.1, 0.15) is 5.82 Å². The molecule has 2 aromatic heterocycles. The summed E-state index contributed by atoms with van der Waals surface area (Å²) < 4.78 is 41.5. The summed E-state index contributed by atoms with van der Waals surface area (Å²) in [7, 11) is 0. The minimum Gasteiger partial charge on any atom is -0.305 e. The topological polar surface area (TPSA) is 64.7 Å². The van der Waals surface area contributed by atoms with Crippen molar-refractivity contribution < 1.29 is 13.2 Å². The van der Waals surface area contributed by atoms with E-state index in [0.717, 1.165) is 16.8 Å². The maximum atomic E-state index is 12.8. The number of hydrogen-bond acceptors (Lipinski definition) is 5. The summed E-state index contributed by atoms with van der Waals surface area (Å²) in [6.45, 7) is 2.52. The van der Waals surface area contributed by atoms with E-state index >= 15 is 0 Å². The predicted molar refractivity (Wildman–Crippen MR) is 76.5 cm³/mol. The van der Waals surface area contributed by atoms with Crippen LogP contribution in [0.1, 0.15) is 36.6 Å². The van der Waals surface area contributed by atoms with Gasteiger partial charge in [0.05, 0.1) is 12.2 Å². The molecule has 0 spiro atoms. The van der Waals surface area contributed by atoms with Crippen LogP contribution in [0.4, 0.5) is 13.2 Å². The molecule has 7 nitrogen and oxygen atoms in total. The molecule has 1 aliphatic carbocycles. The minimum atomic E-state index is -4.46. The number of fused-ring (bicyclic) bond motifs is 1. The highest BCUT2D eigenvalue weighted by Gasteiger charge is 2.39. The van der Waals surface area contributed by atoms with Gasteiger partial charge in [0.2, 0.25) is 5.82 Å². The van der Waals surface area contributed by atoms with E-state index in [1.165, 1.54) is 19.3 Å². The van der Waals surface area contributed by atoms with Crippen molar-refractivity contribution in [2.45, 2.75) is 51.6 Å². The highest BCUT2D eigenvalue weighted by molar-refractivity contribution is 5.03. The average Bonchev–Trinajstić information content (AvgIpc) is 3.08.